The standard InChI is InChI=1S/C17H21N3O4S/c21-16-10-12-9-14(3-4-15(12)19-16)25(23,24)20-7-5-11(6-8-20)17(22)18-13-1-2-13/h3-4,9,11,13H,1-2,5-8,10H2,(H,18,22)(H,19,21). The van der Waals surface area contributed by atoms with Gasteiger partial charge in [0.05, 0.1) is 11.3 Å². The topological polar surface area (TPSA) is 95.6 Å². The molecule has 3 aliphatic rings. The van der Waals surface area contributed by atoms with E-state index in [0.29, 0.717) is 43.2 Å². The molecule has 0 unspecified atom stereocenters. The molecular weight excluding hydrogens is 342 g/mol. The van der Waals surface area contributed by atoms with E-state index in [1.165, 1.54) is 10.4 Å². The molecule has 1 aromatic rings. The Labute approximate surface area is 146 Å². The van der Waals surface area contributed by atoms with Crippen molar-refractivity contribution in [1.82, 2.24) is 9.62 Å². The summed E-state index contributed by atoms with van der Waals surface area (Å²) >= 11 is 0. The first kappa shape index (κ1) is 16.5. The Morgan fingerprint density at radius 1 is 1.16 bits per heavy atom. The van der Waals surface area contributed by atoms with Gasteiger partial charge in [-0.15, -0.1) is 0 Å². The summed E-state index contributed by atoms with van der Waals surface area (Å²) in [5.74, 6) is -0.164. The lowest BCUT2D eigenvalue weighted by molar-refractivity contribution is -0.126. The molecule has 2 fully saturated rings. The van der Waals surface area contributed by atoms with Gasteiger partial charge in [0.1, 0.15) is 0 Å². The fraction of sp³-hybridized carbons (Fsp3) is 0.529. The van der Waals surface area contributed by atoms with E-state index in [1.54, 1.807) is 12.1 Å². The van der Waals surface area contributed by atoms with Crippen molar-refractivity contribution in [3.63, 3.8) is 0 Å². The number of nitrogens with one attached hydrogen (secondary N) is 2. The van der Waals surface area contributed by atoms with Crippen molar-refractivity contribution < 1.29 is 18.0 Å². The highest BCUT2D eigenvalue weighted by Gasteiger charge is 2.34. The maximum atomic E-state index is 12.9. The van der Waals surface area contributed by atoms with Gasteiger partial charge in [0.25, 0.3) is 0 Å². The molecule has 1 saturated heterocycles. The Morgan fingerprint density at radius 2 is 1.88 bits per heavy atom. The largest absolute Gasteiger partial charge is 0.353 e. The van der Waals surface area contributed by atoms with Crippen LogP contribution < -0.4 is 10.6 Å². The van der Waals surface area contributed by atoms with Crippen LogP contribution in [0.1, 0.15) is 31.2 Å². The first-order valence-electron chi connectivity index (χ1n) is 8.67. The predicted molar refractivity (Wildman–Crippen MR) is 91.4 cm³/mol. The molecule has 1 saturated carbocycles. The molecule has 2 amide bonds. The summed E-state index contributed by atoms with van der Waals surface area (Å²) in [6.45, 7) is 0.693. The zero-order chi connectivity index (χ0) is 17.6. The average molecular weight is 363 g/mol. The molecule has 0 bridgehead atoms. The third-order valence-electron chi connectivity index (χ3n) is 5.09. The maximum absolute atomic E-state index is 12.9. The minimum Gasteiger partial charge on any atom is -0.353 e. The van der Waals surface area contributed by atoms with E-state index in [1.807, 2.05) is 0 Å². The normalized spacial score (nSPS) is 21.7. The van der Waals surface area contributed by atoms with E-state index in [2.05, 4.69) is 10.6 Å². The van der Waals surface area contributed by atoms with Gasteiger partial charge in [-0.2, -0.15) is 4.31 Å². The highest BCUT2D eigenvalue weighted by atomic mass is 32.2. The third kappa shape index (κ3) is 3.28. The molecule has 2 heterocycles. The summed E-state index contributed by atoms with van der Waals surface area (Å²) in [6.07, 6.45) is 3.40. The van der Waals surface area contributed by atoms with Gasteiger partial charge in [-0.1, -0.05) is 0 Å². The first-order valence-corrected chi connectivity index (χ1v) is 10.1. The van der Waals surface area contributed by atoms with Gasteiger partial charge in [-0.05, 0) is 49.4 Å². The Bertz CT molecular complexity index is 824. The second-order valence-electron chi connectivity index (χ2n) is 7.01. The summed E-state index contributed by atoms with van der Waals surface area (Å²) in [5.41, 5.74) is 1.39. The highest BCUT2D eigenvalue weighted by molar-refractivity contribution is 7.89. The molecule has 2 aliphatic heterocycles. The molecule has 134 valence electrons. The number of anilines is 1. The third-order valence-corrected chi connectivity index (χ3v) is 6.98. The quantitative estimate of drug-likeness (QED) is 0.829. The van der Waals surface area contributed by atoms with Crippen molar-refractivity contribution in [2.45, 2.75) is 43.0 Å². The molecule has 4 rings (SSSR count). The van der Waals surface area contributed by atoms with Gasteiger partial charge in [-0.25, -0.2) is 8.42 Å². The Balaban J connectivity index is 1.44. The molecular formula is C17H21N3O4S. The Morgan fingerprint density at radius 3 is 2.56 bits per heavy atom. The van der Waals surface area contributed by atoms with Crippen molar-refractivity contribution >= 4 is 27.5 Å². The van der Waals surface area contributed by atoms with Crippen LogP contribution in [-0.4, -0.2) is 43.7 Å². The van der Waals surface area contributed by atoms with Gasteiger partial charge in [0.2, 0.25) is 21.8 Å². The van der Waals surface area contributed by atoms with Crippen LogP contribution in [0.25, 0.3) is 0 Å². The first-order chi connectivity index (χ1) is 11.9. The van der Waals surface area contributed by atoms with E-state index in [-0.39, 0.29) is 29.0 Å². The van der Waals surface area contributed by atoms with Crippen LogP contribution in [0.3, 0.4) is 0 Å². The number of hydrogen-bond donors (Lipinski definition) is 2. The second kappa shape index (κ2) is 6.10. The predicted octanol–water partition coefficient (Wildman–Crippen LogP) is 0.860. The summed E-state index contributed by atoms with van der Waals surface area (Å²) in [4.78, 5) is 23.8. The van der Waals surface area contributed by atoms with Crippen LogP contribution in [0.5, 0.6) is 0 Å². The van der Waals surface area contributed by atoms with Crippen molar-refractivity contribution in [2.24, 2.45) is 5.92 Å². The fourth-order valence-electron chi connectivity index (χ4n) is 3.42. The molecule has 1 aromatic carbocycles. The maximum Gasteiger partial charge on any atom is 0.243 e. The number of nitrogens with zero attached hydrogens (tertiary/aromatic N) is 1. The van der Waals surface area contributed by atoms with Gasteiger partial charge in [0, 0.05) is 30.7 Å². The average Bonchev–Trinajstić information content (AvgIpc) is 3.32. The molecule has 0 atom stereocenters. The van der Waals surface area contributed by atoms with Gasteiger partial charge < -0.3 is 10.6 Å². The van der Waals surface area contributed by atoms with Gasteiger partial charge in [0.15, 0.2) is 0 Å². The Kier molecular flexibility index (Phi) is 4.04. The smallest absolute Gasteiger partial charge is 0.243 e. The summed E-state index contributed by atoms with van der Waals surface area (Å²) in [5, 5.41) is 5.70. The van der Waals surface area contributed by atoms with Crippen LogP contribution in [0, 0.1) is 5.92 Å². The number of carbonyl (C=O) groups is 2. The minimum absolute atomic E-state index is 0.0571. The minimum atomic E-state index is -3.60. The van der Waals surface area contributed by atoms with Gasteiger partial charge in [-0.3, -0.25) is 9.59 Å². The van der Waals surface area contributed by atoms with E-state index < -0.39 is 10.0 Å². The van der Waals surface area contributed by atoms with Crippen molar-refractivity contribution in [3.05, 3.63) is 23.8 Å². The molecule has 0 spiro atoms. The molecule has 0 aromatic heterocycles. The van der Waals surface area contributed by atoms with Crippen molar-refractivity contribution in [3.8, 4) is 0 Å². The van der Waals surface area contributed by atoms with E-state index in [0.717, 1.165) is 12.8 Å². The lowest BCUT2D eigenvalue weighted by Gasteiger charge is -2.30. The zero-order valence-electron chi connectivity index (χ0n) is 13.8. The SMILES string of the molecule is O=C1Cc2cc(S(=O)(=O)N3CCC(C(=O)NC4CC4)CC3)ccc2N1. The Hall–Kier alpha value is -1.93. The molecule has 0 radical (unpaired) electrons. The van der Waals surface area contributed by atoms with Crippen molar-refractivity contribution in [1.29, 1.82) is 0 Å². The van der Waals surface area contributed by atoms with Crippen LogP contribution in [0.15, 0.2) is 23.1 Å². The number of rotatable bonds is 4. The van der Waals surface area contributed by atoms with Crippen LogP contribution in [0.4, 0.5) is 5.69 Å². The van der Waals surface area contributed by atoms with Crippen LogP contribution >= 0.6 is 0 Å². The summed E-state index contributed by atoms with van der Waals surface area (Å²) < 4.78 is 27.2. The molecule has 1 aliphatic carbocycles. The number of benzene rings is 1. The van der Waals surface area contributed by atoms with Gasteiger partial charge >= 0.3 is 0 Å². The number of amides is 2. The van der Waals surface area contributed by atoms with E-state index in [4.69, 9.17) is 0 Å². The molecule has 8 heteroatoms. The van der Waals surface area contributed by atoms with E-state index >= 15 is 0 Å². The molecule has 2 N–H and O–H groups in total. The molecule has 25 heavy (non-hydrogen) atoms. The molecule has 7 nitrogen and oxygen atoms in total. The van der Waals surface area contributed by atoms with E-state index in [9.17, 15) is 18.0 Å². The number of fused-ring (bicyclic) bond motifs is 1. The lowest BCUT2D eigenvalue weighted by atomic mass is 9.97. The number of carbonyl (C=O) groups excluding carboxylic acids is 2. The highest BCUT2D eigenvalue weighted by Crippen LogP contribution is 2.29. The monoisotopic (exact) mass is 363 g/mol. The second-order valence-corrected chi connectivity index (χ2v) is 8.94. The van der Waals surface area contributed by atoms with Crippen LogP contribution in [-0.2, 0) is 26.0 Å². The number of sulfonamides is 1. The summed E-state index contributed by atoms with van der Waals surface area (Å²) in [7, 11) is -3.60. The lowest BCUT2D eigenvalue weighted by Crippen LogP contribution is -2.43. The fourth-order valence-corrected chi connectivity index (χ4v) is 4.94. The van der Waals surface area contributed by atoms with Crippen LogP contribution in [0.2, 0.25) is 0 Å². The number of piperidine rings is 1. The zero-order valence-corrected chi connectivity index (χ0v) is 14.6. The number of hydrogen-bond acceptors (Lipinski definition) is 4. The van der Waals surface area contributed by atoms with Crippen molar-refractivity contribution in [2.75, 3.05) is 18.4 Å². The summed E-state index contributed by atoms with van der Waals surface area (Å²) in [6, 6.07) is 5.08.